The van der Waals surface area contributed by atoms with E-state index in [0.29, 0.717) is 0 Å². The van der Waals surface area contributed by atoms with Crippen LogP contribution in [0.1, 0.15) is 0 Å². The van der Waals surface area contributed by atoms with E-state index in [4.69, 9.17) is 5.40 Å². The number of nitrogens with one attached hydrogen (secondary N) is 1. The number of allylic oxidation sites excluding steroid dienone is 1. The van der Waals surface area contributed by atoms with Crippen molar-refractivity contribution < 1.29 is 0 Å². The van der Waals surface area contributed by atoms with Crippen LogP contribution in [0.25, 0.3) is 0 Å². The van der Waals surface area contributed by atoms with Crippen LogP contribution in [0.3, 0.4) is 0 Å². The average molecular weight is 86.2 g/mol. The summed E-state index contributed by atoms with van der Waals surface area (Å²) in [6.45, 7) is 3.47. The van der Waals surface area contributed by atoms with Gasteiger partial charge in [0.1, 0.15) is 9.68 Å². The topological polar surface area (TPSA) is 23.8 Å². The third-order valence-electron chi connectivity index (χ3n) is 0.348. The monoisotopic (exact) mass is 86.0 g/mol. The molecule has 0 fully saturated rings. The molecule has 29 valence electrons. The van der Waals surface area contributed by atoms with Gasteiger partial charge in [-0.1, -0.05) is 6.08 Å². The average Bonchev–Trinajstić information content (AvgIpc) is 1.41. The molecule has 0 heterocycles. The first-order chi connectivity index (χ1) is 2.41. The van der Waals surface area contributed by atoms with Crippen LogP contribution in [0.15, 0.2) is 12.7 Å². The maximum atomic E-state index is 6.67. The van der Waals surface area contributed by atoms with Crippen molar-refractivity contribution in [2.24, 2.45) is 0 Å². The van der Waals surface area contributed by atoms with Gasteiger partial charge in [0.25, 0.3) is 0 Å². The molecule has 0 amide bonds. The first-order valence-corrected chi connectivity index (χ1v) is 3.38. The largest absolute Gasteiger partial charge is 0.292 e. The summed E-state index contributed by atoms with van der Waals surface area (Å²) in [4.78, 5) is 0. The maximum Gasteiger partial charge on any atom is 0.113 e. The molecule has 0 aliphatic carbocycles. The molecule has 0 atom stereocenters. The molecule has 0 aromatic rings. The van der Waals surface area contributed by atoms with Crippen molar-refractivity contribution in [2.75, 3.05) is 0 Å². The van der Waals surface area contributed by atoms with Gasteiger partial charge in [-0.3, -0.25) is 5.40 Å². The van der Waals surface area contributed by atoms with Gasteiger partial charge in [-0.05, 0) is 6.04 Å². The Balaban J connectivity index is 2.40. The molecule has 0 saturated heterocycles. The summed E-state index contributed by atoms with van der Waals surface area (Å²) < 4.78 is 0. The fourth-order valence-corrected chi connectivity index (χ4v) is 0.306. The summed E-state index contributed by atoms with van der Waals surface area (Å²) in [6.07, 6.45) is 1.80. The minimum atomic E-state index is -0.454. The Morgan fingerprint density at radius 1 is 2.00 bits per heavy atom. The lowest BCUT2D eigenvalue weighted by atomic mass is 10.8. The van der Waals surface area contributed by atoms with Crippen molar-refractivity contribution >= 4 is 9.68 Å². The van der Waals surface area contributed by atoms with Gasteiger partial charge in [-0.15, -0.1) is 6.58 Å². The third-order valence-corrected chi connectivity index (χ3v) is 1.05. The SMILES string of the molecule is C=CC[SiH2][NH]. The van der Waals surface area contributed by atoms with Crippen LogP contribution in [-0.4, -0.2) is 9.68 Å². The van der Waals surface area contributed by atoms with Crippen LogP contribution in [0, 0.1) is 0 Å². The number of hydrogen-bond donors (Lipinski definition) is 0. The molecule has 0 spiro atoms. The van der Waals surface area contributed by atoms with Crippen molar-refractivity contribution in [1.82, 2.24) is 5.40 Å². The molecule has 0 aromatic heterocycles. The van der Waals surface area contributed by atoms with Gasteiger partial charge in [0.2, 0.25) is 0 Å². The summed E-state index contributed by atoms with van der Waals surface area (Å²) >= 11 is 0. The molecule has 1 radical (unpaired) electrons. The van der Waals surface area contributed by atoms with Crippen molar-refractivity contribution in [3.8, 4) is 0 Å². The van der Waals surface area contributed by atoms with Crippen LogP contribution >= 0.6 is 0 Å². The highest BCUT2D eigenvalue weighted by Gasteiger charge is 1.65. The Bertz CT molecular complexity index is 28.1. The molecule has 0 saturated carbocycles. The molecular weight excluding hydrogens is 78.1 g/mol. The summed E-state index contributed by atoms with van der Waals surface area (Å²) in [5.74, 6) is 0. The maximum absolute atomic E-state index is 6.67. The van der Waals surface area contributed by atoms with Crippen LogP contribution in [0.2, 0.25) is 6.04 Å². The molecule has 1 nitrogen and oxygen atoms in total. The van der Waals surface area contributed by atoms with Gasteiger partial charge in [-0.25, -0.2) is 0 Å². The second-order valence-corrected chi connectivity index (χ2v) is 1.90. The molecule has 0 aromatic carbocycles. The fourth-order valence-electron chi connectivity index (χ4n) is 0.102. The molecule has 5 heavy (non-hydrogen) atoms. The van der Waals surface area contributed by atoms with Crippen LogP contribution in [-0.2, 0) is 0 Å². The Morgan fingerprint density at radius 3 is 2.60 bits per heavy atom. The Hall–Kier alpha value is -0.0831. The Labute approximate surface area is 34.8 Å². The van der Waals surface area contributed by atoms with E-state index >= 15 is 0 Å². The Morgan fingerprint density at radius 2 is 2.60 bits per heavy atom. The van der Waals surface area contributed by atoms with E-state index < -0.39 is 9.68 Å². The molecule has 0 aliphatic heterocycles. The van der Waals surface area contributed by atoms with Crippen molar-refractivity contribution in [1.29, 1.82) is 0 Å². The second kappa shape index (κ2) is 3.92. The van der Waals surface area contributed by atoms with E-state index in [0.717, 1.165) is 6.04 Å². The van der Waals surface area contributed by atoms with Crippen molar-refractivity contribution in [2.45, 2.75) is 6.04 Å². The highest BCUT2D eigenvalue weighted by molar-refractivity contribution is 6.30. The third kappa shape index (κ3) is 3.92. The van der Waals surface area contributed by atoms with Gasteiger partial charge in [0, 0.05) is 0 Å². The highest BCUT2D eigenvalue weighted by atomic mass is 28.2. The van der Waals surface area contributed by atoms with E-state index in [1.54, 1.807) is 6.08 Å². The van der Waals surface area contributed by atoms with E-state index in [1.807, 2.05) is 0 Å². The molecular formula is C3H8NSi. The summed E-state index contributed by atoms with van der Waals surface area (Å²) in [7, 11) is -0.454. The summed E-state index contributed by atoms with van der Waals surface area (Å²) in [5.41, 5.74) is 0. The zero-order chi connectivity index (χ0) is 4.12. The predicted molar refractivity (Wildman–Crippen MR) is 26.6 cm³/mol. The zero-order valence-corrected chi connectivity index (χ0v) is 4.61. The summed E-state index contributed by atoms with van der Waals surface area (Å²) in [5, 5.41) is 6.67. The highest BCUT2D eigenvalue weighted by Crippen LogP contribution is 1.68. The van der Waals surface area contributed by atoms with E-state index in [9.17, 15) is 0 Å². The molecule has 1 N–H and O–H groups in total. The predicted octanol–water partition coefficient (Wildman–Crippen LogP) is -0.0426. The smallest absolute Gasteiger partial charge is 0.113 e. The Kier molecular flexibility index (Phi) is 3.85. The van der Waals surface area contributed by atoms with Gasteiger partial charge < -0.3 is 0 Å². The van der Waals surface area contributed by atoms with Crippen molar-refractivity contribution in [3.05, 3.63) is 12.7 Å². The molecule has 0 rings (SSSR count). The quantitative estimate of drug-likeness (QED) is 0.332. The van der Waals surface area contributed by atoms with E-state index in [-0.39, 0.29) is 0 Å². The minimum absolute atomic E-state index is 0.454. The van der Waals surface area contributed by atoms with Gasteiger partial charge in [0.05, 0.1) is 0 Å². The molecule has 2 heteroatoms. The summed E-state index contributed by atoms with van der Waals surface area (Å²) in [6, 6.07) is 0.958. The van der Waals surface area contributed by atoms with E-state index in [2.05, 4.69) is 6.58 Å². The van der Waals surface area contributed by atoms with Gasteiger partial charge >= 0.3 is 0 Å². The molecule has 0 bridgehead atoms. The lowest BCUT2D eigenvalue weighted by Crippen LogP contribution is -1.82. The lowest BCUT2D eigenvalue weighted by molar-refractivity contribution is 1.62. The number of rotatable bonds is 2. The number of hydrogen-bond acceptors (Lipinski definition) is 0. The first kappa shape index (κ1) is 4.92. The van der Waals surface area contributed by atoms with Crippen LogP contribution < -0.4 is 5.40 Å². The van der Waals surface area contributed by atoms with Gasteiger partial charge in [-0.2, -0.15) is 0 Å². The minimum Gasteiger partial charge on any atom is -0.292 e. The standard InChI is InChI=1S/C3H8NSi/c1-2-3-5-4/h2,4H,1,3,5H2. The normalized spacial score (nSPS) is 9.80. The second-order valence-electron chi connectivity index (χ2n) is 0.827. The molecule has 0 aliphatic rings. The van der Waals surface area contributed by atoms with Crippen LogP contribution in [0.4, 0.5) is 0 Å². The lowest BCUT2D eigenvalue weighted by Gasteiger charge is -1.70. The fraction of sp³-hybridized carbons (Fsp3) is 0.333. The zero-order valence-electron chi connectivity index (χ0n) is 3.20. The molecule has 0 unspecified atom stereocenters. The first-order valence-electron chi connectivity index (χ1n) is 1.67. The van der Waals surface area contributed by atoms with Gasteiger partial charge in [0.15, 0.2) is 0 Å². The van der Waals surface area contributed by atoms with E-state index in [1.165, 1.54) is 0 Å². The van der Waals surface area contributed by atoms with Crippen molar-refractivity contribution in [3.63, 3.8) is 0 Å². The van der Waals surface area contributed by atoms with Crippen LogP contribution in [0.5, 0.6) is 0 Å².